The van der Waals surface area contributed by atoms with E-state index >= 15 is 0 Å². The molecular weight excluding hydrogens is 262 g/mol. The summed E-state index contributed by atoms with van der Waals surface area (Å²) < 4.78 is 26.1. The molecule has 0 aromatic carbocycles. The molecule has 2 aliphatic carbocycles. The molecule has 3 atom stereocenters. The zero-order chi connectivity index (χ0) is 14.1. The van der Waals surface area contributed by atoms with Crippen LogP contribution in [0.5, 0.6) is 0 Å². The molecule has 19 heavy (non-hydrogen) atoms. The van der Waals surface area contributed by atoms with E-state index in [1.807, 2.05) is 0 Å². The topological polar surface area (TPSA) is 54.5 Å². The average molecular weight is 283 g/mol. The summed E-state index contributed by atoms with van der Waals surface area (Å²) in [6.45, 7) is 6.11. The monoisotopic (exact) mass is 283 g/mol. The van der Waals surface area contributed by atoms with Crippen LogP contribution in [-0.2, 0) is 14.8 Å². The molecule has 2 unspecified atom stereocenters. The molecule has 1 heterocycles. The number of amides is 1. The highest BCUT2D eigenvalue weighted by molar-refractivity contribution is 7.90. The summed E-state index contributed by atoms with van der Waals surface area (Å²) in [6, 6.07) is -0.116. The summed E-state index contributed by atoms with van der Waals surface area (Å²) in [6.07, 6.45) is 5.87. The van der Waals surface area contributed by atoms with Crippen LogP contribution in [0.1, 0.15) is 40.0 Å². The van der Waals surface area contributed by atoms with Gasteiger partial charge in [0, 0.05) is 5.41 Å². The quantitative estimate of drug-likeness (QED) is 0.691. The van der Waals surface area contributed by atoms with Gasteiger partial charge in [-0.05, 0) is 43.6 Å². The van der Waals surface area contributed by atoms with E-state index < -0.39 is 10.0 Å². The van der Waals surface area contributed by atoms with Crippen molar-refractivity contribution >= 4 is 15.9 Å². The van der Waals surface area contributed by atoms with Crippen LogP contribution in [0.3, 0.4) is 0 Å². The van der Waals surface area contributed by atoms with Crippen LogP contribution < -0.4 is 0 Å². The predicted octanol–water partition coefficient (Wildman–Crippen LogP) is 1.93. The fourth-order valence-electron chi connectivity index (χ4n) is 4.80. The van der Waals surface area contributed by atoms with E-state index in [-0.39, 0.29) is 28.5 Å². The molecule has 106 valence electrons. The molecule has 1 spiro atoms. The highest BCUT2D eigenvalue weighted by atomic mass is 32.2. The van der Waals surface area contributed by atoms with Crippen LogP contribution >= 0.6 is 0 Å². The van der Waals surface area contributed by atoms with Crippen molar-refractivity contribution in [1.82, 2.24) is 4.31 Å². The Hall–Kier alpha value is -0.840. The van der Waals surface area contributed by atoms with Crippen molar-refractivity contribution in [2.75, 3.05) is 5.75 Å². The molecule has 3 aliphatic rings. The van der Waals surface area contributed by atoms with Gasteiger partial charge in [0.15, 0.2) is 0 Å². The molecule has 0 aromatic heterocycles. The van der Waals surface area contributed by atoms with Gasteiger partial charge in [0.1, 0.15) is 0 Å². The van der Waals surface area contributed by atoms with Gasteiger partial charge in [-0.1, -0.05) is 19.9 Å². The van der Waals surface area contributed by atoms with E-state index in [1.54, 1.807) is 13.0 Å². The minimum absolute atomic E-state index is 0.0235. The highest BCUT2D eigenvalue weighted by Crippen LogP contribution is 2.69. The lowest BCUT2D eigenvalue weighted by molar-refractivity contribution is -0.124. The third-order valence-electron chi connectivity index (χ3n) is 5.94. The molecule has 0 aromatic rings. The van der Waals surface area contributed by atoms with Crippen molar-refractivity contribution < 1.29 is 13.2 Å². The molecule has 0 radical (unpaired) electrons. The second kappa shape index (κ2) is 3.62. The van der Waals surface area contributed by atoms with Gasteiger partial charge in [-0.25, -0.2) is 12.7 Å². The number of rotatable bonds is 1. The third kappa shape index (κ3) is 1.40. The van der Waals surface area contributed by atoms with Gasteiger partial charge in [0.25, 0.3) is 5.91 Å². The van der Waals surface area contributed by atoms with E-state index in [2.05, 4.69) is 13.8 Å². The molecule has 2 saturated carbocycles. The number of nitrogens with zero attached hydrogens (tertiary/aromatic N) is 1. The summed E-state index contributed by atoms with van der Waals surface area (Å²) in [5, 5.41) is 0. The van der Waals surface area contributed by atoms with Crippen LogP contribution in [-0.4, -0.2) is 30.4 Å². The highest BCUT2D eigenvalue weighted by Gasteiger charge is 2.72. The van der Waals surface area contributed by atoms with E-state index in [0.29, 0.717) is 5.92 Å². The second-order valence-electron chi connectivity index (χ2n) is 6.76. The Bertz CT molecular complexity index is 563. The first-order valence-corrected chi connectivity index (χ1v) is 8.56. The smallest absolute Gasteiger partial charge is 0.259 e. The summed E-state index contributed by atoms with van der Waals surface area (Å²) in [5.74, 6) is 0.332. The molecule has 4 nitrogen and oxygen atoms in total. The van der Waals surface area contributed by atoms with Crippen LogP contribution in [0.15, 0.2) is 12.2 Å². The maximum Gasteiger partial charge on any atom is 0.259 e. The largest absolute Gasteiger partial charge is 0.269 e. The third-order valence-corrected chi connectivity index (χ3v) is 7.85. The van der Waals surface area contributed by atoms with E-state index in [9.17, 15) is 13.2 Å². The van der Waals surface area contributed by atoms with E-state index in [1.165, 1.54) is 10.4 Å². The number of allylic oxidation sites excluding steroid dienone is 1. The van der Waals surface area contributed by atoms with Crippen LogP contribution in [0, 0.1) is 16.7 Å². The lowest BCUT2D eigenvalue weighted by Gasteiger charge is -2.36. The number of hydrogen-bond acceptors (Lipinski definition) is 3. The average Bonchev–Trinajstić information content (AvgIpc) is 2.75. The fraction of sp³-hybridized carbons (Fsp3) is 0.786. The molecule has 2 bridgehead atoms. The minimum atomic E-state index is -3.45. The van der Waals surface area contributed by atoms with Crippen molar-refractivity contribution in [1.29, 1.82) is 0 Å². The number of sulfonamides is 1. The Morgan fingerprint density at radius 3 is 2.63 bits per heavy atom. The Labute approximate surface area is 114 Å². The minimum Gasteiger partial charge on any atom is -0.269 e. The molecule has 3 fully saturated rings. The van der Waals surface area contributed by atoms with Gasteiger partial charge in [-0.3, -0.25) is 4.79 Å². The Kier molecular flexibility index (Phi) is 2.51. The fourth-order valence-corrected chi connectivity index (χ4v) is 7.30. The summed E-state index contributed by atoms with van der Waals surface area (Å²) in [7, 11) is -3.45. The summed E-state index contributed by atoms with van der Waals surface area (Å²) >= 11 is 0. The number of hydrogen-bond donors (Lipinski definition) is 0. The first-order chi connectivity index (χ1) is 8.76. The van der Waals surface area contributed by atoms with E-state index in [0.717, 1.165) is 19.3 Å². The Morgan fingerprint density at radius 2 is 2.05 bits per heavy atom. The normalized spacial score (nSPS) is 41.9. The van der Waals surface area contributed by atoms with E-state index in [4.69, 9.17) is 0 Å². The van der Waals surface area contributed by atoms with Crippen LogP contribution in [0.2, 0.25) is 0 Å². The van der Waals surface area contributed by atoms with Crippen molar-refractivity contribution in [2.45, 2.75) is 46.1 Å². The number of carbonyl (C=O) groups is 1. The molecule has 1 aliphatic heterocycles. The maximum absolute atomic E-state index is 12.4. The number of fused-ring (bicyclic) bond motifs is 1. The Balaban J connectivity index is 2.09. The van der Waals surface area contributed by atoms with Gasteiger partial charge in [-0.15, -0.1) is 0 Å². The zero-order valence-electron chi connectivity index (χ0n) is 11.7. The SMILES string of the molecule is C/C=C/C(=O)N1[C@H]2CC3CCC2(CS1(=O)=O)C3(C)C. The summed E-state index contributed by atoms with van der Waals surface area (Å²) in [5.41, 5.74) is -0.191. The standard InChI is InChI=1S/C14H21NO3S/c1-4-5-12(16)15-11-8-10-6-7-14(11,13(10,2)3)9-19(15,17)18/h4-5,10-11H,6-9H2,1-3H3/b5-4+/t10?,11-,14?/m0/s1. The van der Waals surface area contributed by atoms with Crippen LogP contribution in [0.25, 0.3) is 0 Å². The van der Waals surface area contributed by atoms with Crippen molar-refractivity contribution in [3.05, 3.63) is 12.2 Å². The molecule has 3 rings (SSSR count). The Morgan fingerprint density at radius 1 is 1.37 bits per heavy atom. The van der Waals surface area contributed by atoms with Crippen molar-refractivity contribution in [3.8, 4) is 0 Å². The molecule has 0 N–H and O–H groups in total. The first-order valence-electron chi connectivity index (χ1n) is 6.95. The predicted molar refractivity (Wildman–Crippen MR) is 72.8 cm³/mol. The molecular formula is C14H21NO3S. The molecule has 1 saturated heterocycles. The first kappa shape index (κ1) is 13.2. The van der Waals surface area contributed by atoms with Crippen LogP contribution in [0.4, 0.5) is 0 Å². The number of carbonyl (C=O) groups excluding carboxylic acids is 1. The maximum atomic E-state index is 12.4. The zero-order valence-corrected chi connectivity index (χ0v) is 12.5. The molecule has 1 amide bonds. The van der Waals surface area contributed by atoms with Gasteiger partial charge in [0.2, 0.25) is 10.0 Å². The van der Waals surface area contributed by atoms with Crippen molar-refractivity contribution in [3.63, 3.8) is 0 Å². The second-order valence-corrected chi connectivity index (χ2v) is 8.60. The van der Waals surface area contributed by atoms with Gasteiger partial charge >= 0.3 is 0 Å². The molecule has 5 heteroatoms. The van der Waals surface area contributed by atoms with Gasteiger partial charge in [-0.2, -0.15) is 0 Å². The summed E-state index contributed by atoms with van der Waals surface area (Å²) in [4.78, 5) is 12.1. The van der Waals surface area contributed by atoms with Gasteiger partial charge in [0.05, 0.1) is 11.8 Å². The van der Waals surface area contributed by atoms with Crippen molar-refractivity contribution in [2.24, 2.45) is 16.7 Å². The van der Waals surface area contributed by atoms with Gasteiger partial charge < -0.3 is 0 Å². The lowest BCUT2D eigenvalue weighted by Crippen LogP contribution is -2.43. The lowest BCUT2D eigenvalue weighted by atomic mass is 9.69.